The summed E-state index contributed by atoms with van der Waals surface area (Å²) < 4.78 is 5.41. The van der Waals surface area contributed by atoms with E-state index in [0.29, 0.717) is 22.0 Å². The number of rotatable bonds is 6. The second-order valence-corrected chi connectivity index (χ2v) is 7.29. The van der Waals surface area contributed by atoms with Crippen molar-refractivity contribution in [1.29, 1.82) is 0 Å². The van der Waals surface area contributed by atoms with E-state index in [2.05, 4.69) is 9.98 Å². The number of aliphatic imine (C=N–C) groups is 1. The molecule has 2 aromatic rings. The van der Waals surface area contributed by atoms with Crippen molar-refractivity contribution in [2.24, 2.45) is 10.9 Å². The lowest BCUT2D eigenvalue weighted by Crippen LogP contribution is -2.35. The van der Waals surface area contributed by atoms with Gasteiger partial charge in [0.2, 0.25) is 0 Å². The molecule has 0 bridgehead atoms. The lowest BCUT2D eigenvalue weighted by molar-refractivity contribution is -0.140. The van der Waals surface area contributed by atoms with Crippen LogP contribution in [0.15, 0.2) is 71.0 Å². The highest BCUT2D eigenvalue weighted by atomic mass is 35.5. The molecule has 0 radical (unpaired) electrons. The number of aromatic nitrogens is 1. The molecule has 0 saturated heterocycles. The zero-order chi connectivity index (χ0) is 21.7. The Bertz CT molecular complexity index is 1040. The van der Waals surface area contributed by atoms with Crippen molar-refractivity contribution in [3.8, 4) is 0 Å². The van der Waals surface area contributed by atoms with Gasteiger partial charge >= 0.3 is 11.9 Å². The fourth-order valence-electron chi connectivity index (χ4n) is 3.53. The van der Waals surface area contributed by atoms with Crippen LogP contribution < -0.4 is 0 Å². The van der Waals surface area contributed by atoms with Gasteiger partial charge in [0.1, 0.15) is 12.5 Å². The van der Waals surface area contributed by atoms with Crippen LogP contribution in [-0.4, -0.2) is 34.3 Å². The standard InChI is InChI=1S/C23H21ClN2O4/c1-14-19(22(27)28)21(16-7-5-8-17(24)13-16)20(15(2)26-14)23(29)30-12-6-10-18-9-3-4-11-25-18/h3-11,13,19,21H,12H2,1-2H3,(H,27,28). The molecule has 0 saturated carbocycles. The highest BCUT2D eigenvalue weighted by molar-refractivity contribution is 6.30. The number of aliphatic carboxylic acids is 1. The molecular weight excluding hydrogens is 404 g/mol. The predicted octanol–water partition coefficient (Wildman–Crippen LogP) is 4.52. The topological polar surface area (TPSA) is 88.9 Å². The van der Waals surface area contributed by atoms with E-state index in [0.717, 1.165) is 5.69 Å². The van der Waals surface area contributed by atoms with Gasteiger partial charge in [-0.3, -0.25) is 14.8 Å². The molecule has 1 aromatic carbocycles. The molecule has 1 aromatic heterocycles. The number of halogens is 1. The summed E-state index contributed by atoms with van der Waals surface area (Å²) >= 11 is 6.13. The summed E-state index contributed by atoms with van der Waals surface area (Å²) in [5.41, 5.74) is 2.45. The minimum absolute atomic E-state index is 0.0227. The molecule has 0 amide bonds. The molecule has 0 spiro atoms. The van der Waals surface area contributed by atoms with Crippen molar-refractivity contribution in [2.45, 2.75) is 19.8 Å². The second kappa shape index (κ2) is 9.50. The van der Waals surface area contributed by atoms with Crippen LogP contribution in [0.4, 0.5) is 0 Å². The Morgan fingerprint density at radius 3 is 2.67 bits per heavy atom. The van der Waals surface area contributed by atoms with Gasteiger partial charge in [0.05, 0.1) is 11.3 Å². The molecule has 1 aliphatic heterocycles. The van der Waals surface area contributed by atoms with Gasteiger partial charge in [0, 0.05) is 28.5 Å². The Morgan fingerprint density at radius 2 is 2.00 bits per heavy atom. The molecule has 2 atom stereocenters. The monoisotopic (exact) mass is 424 g/mol. The van der Waals surface area contributed by atoms with Crippen molar-refractivity contribution >= 4 is 35.3 Å². The van der Waals surface area contributed by atoms with Crippen LogP contribution in [0.25, 0.3) is 6.08 Å². The molecule has 6 nitrogen and oxygen atoms in total. The SMILES string of the molecule is CC1=NC(C)=C(C(=O)OCC=Cc2ccccn2)C(c2cccc(Cl)c2)C1C(=O)O. The molecule has 7 heteroatoms. The van der Waals surface area contributed by atoms with Crippen molar-refractivity contribution in [2.75, 3.05) is 6.61 Å². The summed E-state index contributed by atoms with van der Waals surface area (Å²) in [4.78, 5) is 33.4. The predicted molar refractivity (Wildman–Crippen MR) is 115 cm³/mol. The van der Waals surface area contributed by atoms with Crippen LogP contribution in [0.2, 0.25) is 5.02 Å². The summed E-state index contributed by atoms with van der Waals surface area (Å²) in [7, 11) is 0. The molecule has 0 fully saturated rings. The minimum atomic E-state index is -1.06. The number of nitrogens with zero attached hydrogens (tertiary/aromatic N) is 2. The van der Waals surface area contributed by atoms with Gasteiger partial charge in [0.25, 0.3) is 0 Å². The normalized spacial score (nSPS) is 19.0. The Hall–Kier alpha value is -3.25. The van der Waals surface area contributed by atoms with E-state index in [-0.39, 0.29) is 12.2 Å². The largest absolute Gasteiger partial charge is 0.481 e. The third-order valence-corrected chi connectivity index (χ3v) is 5.04. The van der Waals surface area contributed by atoms with Gasteiger partial charge in [-0.15, -0.1) is 0 Å². The number of pyridine rings is 1. The first-order valence-electron chi connectivity index (χ1n) is 9.37. The summed E-state index contributed by atoms with van der Waals surface area (Å²) in [6.45, 7) is 3.35. The van der Waals surface area contributed by atoms with E-state index in [1.54, 1.807) is 56.5 Å². The third kappa shape index (κ3) is 4.83. The van der Waals surface area contributed by atoms with Crippen LogP contribution in [0.5, 0.6) is 0 Å². The highest BCUT2D eigenvalue weighted by Gasteiger charge is 2.41. The number of ether oxygens (including phenoxy) is 1. The van der Waals surface area contributed by atoms with Crippen LogP contribution in [0, 0.1) is 5.92 Å². The average molecular weight is 425 g/mol. The first kappa shape index (κ1) is 21.5. The van der Waals surface area contributed by atoms with Gasteiger partial charge in [0.15, 0.2) is 0 Å². The maximum atomic E-state index is 12.9. The molecule has 3 rings (SSSR count). The van der Waals surface area contributed by atoms with Crippen LogP contribution in [0.3, 0.4) is 0 Å². The maximum Gasteiger partial charge on any atom is 0.336 e. The molecule has 154 valence electrons. The summed E-state index contributed by atoms with van der Waals surface area (Å²) in [6.07, 6.45) is 5.09. The number of hydrogen-bond donors (Lipinski definition) is 1. The van der Waals surface area contributed by atoms with E-state index in [4.69, 9.17) is 16.3 Å². The van der Waals surface area contributed by atoms with Crippen LogP contribution in [0.1, 0.15) is 31.0 Å². The van der Waals surface area contributed by atoms with E-state index in [1.165, 1.54) is 0 Å². The Kier molecular flexibility index (Phi) is 6.79. The molecule has 2 unspecified atom stereocenters. The van der Waals surface area contributed by atoms with Crippen molar-refractivity contribution in [1.82, 2.24) is 4.98 Å². The fraction of sp³-hybridized carbons (Fsp3) is 0.217. The van der Waals surface area contributed by atoms with Crippen molar-refractivity contribution in [3.63, 3.8) is 0 Å². The number of allylic oxidation sites excluding steroid dienone is 1. The highest BCUT2D eigenvalue weighted by Crippen LogP contribution is 2.40. The Balaban J connectivity index is 1.88. The van der Waals surface area contributed by atoms with E-state index in [9.17, 15) is 14.7 Å². The zero-order valence-corrected chi connectivity index (χ0v) is 17.3. The maximum absolute atomic E-state index is 12.9. The number of carbonyl (C=O) groups is 2. The number of hydrogen-bond acceptors (Lipinski definition) is 5. The smallest absolute Gasteiger partial charge is 0.336 e. The van der Waals surface area contributed by atoms with Gasteiger partial charge in [-0.1, -0.05) is 29.8 Å². The number of carboxylic acids is 1. The molecule has 1 aliphatic rings. The first-order chi connectivity index (χ1) is 14.4. The fourth-order valence-corrected chi connectivity index (χ4v) is 3.73. The Morgan fingerprint density at radius 1 is 1.20 bits per heavy atom. The number of esters is 1. The van der Waals surface area contributed by atoms with E-state index >= 15 is 0 Å². The van der Waals surface area contributed by atoms with E-state index < -0.39 is 23.8 Å². The molecule has 2 heterocycles. The summed E-state index contributed by atoms with van der Waals surface area (Å²) in [5.74, 6) is -3.40. The molecule has 30 heavy (non-hydrogen) atoms. The van der Waals surface area contributed by atoms with E-state index in [1.807, 2.05) is 18.2 Å². The summed E-state index contributed by atoms with van der Waals surface area (Å²) in [6, 6.07) is 12.3. The zero-order valence-electron chi connectivity index (χ0n) is 16.6. The molecular formula is C23H21ClN2O4. The quantitative estimate of drug-likeness (QED) is 0.688. The second-order valence-electron chi connectivity index (χ2n) is 6.86. The Labute approximate surface area is 179 Å². The van der Waals surface area contributed by atoms with Gasteiger partial charge in [-0.05, 0) is 55.8 Å². The summed E-state index contributed by atoms with van der Waals surface area (Å²) in [5, 5.41) is 10.3. The van der Waals surface area contributed by atoms with Crippen molar-refractivity contribution in [3.05, 3.63) is 82.3 Å². The lowest BCUT2D eigenvalue weighted by Gasteiger charge is -2.30. The average Bonchev–Trinajstić information content (AvgIpc) is 2.71. The number of benzene rings is 1. The lowest BCUT2D eigenvalue weighted by atomic mass is 9.75. The number of carbonyl (C=O) groups excluding carboxylic acids is 1. The van der Waals surface area contributed by atoms with Gasteiger partial charge in [-0.2, -0.15) is 0 Å². The van der Waals surface area contributed by atoms with Crippen LogP contribution in [-0.2, 0) is 14.3 Å². The van der Waals surface area contributed by atoms with Crippen molar-refractivity contribution < 1.29 is 19.4 Å². The van der Waals surface area contributed by atoms with Gasteiger partial charge < -0.3 is 9.84 Å². The van der Waals surface area contributed by atoms with Crippen LogP contribution >= 0.6 is 11.6 Å². The molecule has 1 N–H and O–H groups in total. The first-order valence-corrected chi connectivity index (χ1v) is 9.75. The molecule has 0 aliphatic carbocycles. The third-order valence-electron chi connectivity index (χ3n) is 4.81. The number of carboxylic acid groups (broad SMARTS) is 1. The van der Waals surface area contributed by atoms with Gasteiger partial charge in [-0.25, -0.2) is 4.79 Å². The minimum Gasteiger partial charge on any atom is -0.481 e.